The molecule has 1 atom stereocenters. The molecule has 1 aliphatic carbocycles. The van der Waals surface area contributed by atoms with Crippen molar-refractivity contribution in [2.75, 3.05) is 5.73 Å². The summed E-state index contributed by atoms with van der Waals surface area (Å²) in [6.07, 6.45) is 2.99. The van der Waals surface area contributed by atoms with Crippen LogP contribution in [-0.4, -0.2) is 10.9 Å². The lowest BCUT2D eigenvalue weighted by Gasteiger charge is -2.26. The summed E-state index contributed by atoms with van der Waals surface area (Å²) in [6.45, 7) is 3.76. The molecular formula is C20H21N3O2S. The SMILES string of the molecule is Cc1ccc(-c2nc(C)c(C(=O)NC3CCCc4cc(N)ccc43)s2)o1. The molecule has 0 saturated heterocycles. The topological polar surface area (TPSA) is 81.2 Å². The lowest BCUT2D eigenvalue weighted by Crippen LogP contribution is -2.30. The van der Waals surface area contributed by atoms with Crippen LogP contribution in [0.15, 0.2) is 34.7 Å². The number of fused-ring (bicyclic) bond motifs is 1. The first-order valence-corrected chi connectivity index (χ1v) is 9.56. The van der Waals surface area contributed by atoms with Crippen LogP contribution < -0.4 is 11.1 Å². The van der Waals surface area contributed by atoms with E-state index in [1.54, 1.807) is 0 Å². The Hall–Kier alpha value is -2.60. The third-order valence-electron chi connectivity index (χ3n) is 4.74. The number of thiazole rings is 1. The number of nitrogens with one attached hydrogen (secondary N) is 1. The predicted octanol–water partition coefficient (Wildman–Crippen LogP) is 4.41. The highest BCUT2D eigenvalue weighted by atomic mass is 32.1. The van der Waals surface area contributed by atoms with Crippen LogP contribution in [0.5, 0.6) is 0 Å². The molecule has 3 N–H and O–H groups in total. The van der Waals surface area contributed by atoms with E-state index in [-0.39, 0.29) is 11.9 Å². The number of hydrogen-bond acceptors (Lipinski definition) is 5. The Morgan fingerprint density at radius 3 is 2.92 bits per heavy atom. The standard InChI is InChI=1S/C20H21N3O2S/c1-11-6-9-17(25-11)20-22-12(2)18(26-20)19(24)23-16-5-3-4-13-10-14(21)7-8-15(13)16/h6-10,16H,3-5,21H2,1-2H3,(H,23,24). The Morgan fingerprint density at radius 2 is 2.15 bits per heavy atom. The van der Waals surface area contributed by atoms with E-state index in [2.05, 4.69) is 10.3 Å². The van der Waals surface area contributed by atoms with Gasteiger partial charge in [-0.2, -0.15) is 0 Å². The van der Waals surface area contributed by atoms with Crippen molar-refractivity contribution in [3.05, 3.63) is 57.8 Å². The van der Waals surface area contributed by atoms with Gasteiger partial charge < -0.3 is 15.5 Å². The van der Waals surface area contributed by atoms with Gasteiger partial charge in [0.1, 0.15) is 10.6 Å². The molecule has 1 aromatic carbocycles. The van der Waals surface area contributed by atoms with Crippen molar-refractivity contribution in [3.63, 3.8) is 0 Å². The van der Waals surface area contributed by atoms with Crippen LogP contribution in [-0.2, 0) is 6.42 Å². The number of anilines is 1. The number of nitrogens with two attached hydrogens (primary N) is 1. The maximum Gasteiger partial charge on any atom is 0.263 e. The molecule has 0 spiro atoms. The van der Waals surface area contributed by atoms with Gasteiger partial charge in [-0.1, -0.05) is 6.07 Å². The van der Waals surface area contributed by atoms with Gasteiger partial charge in [0.2, 0.25) is 0 Å². The van der Waals surface area contributed by atoms with Gasteiger partial charge in [-0.3, -0.25) is 4.79 Å². The van der Waals surface area contributed by atoms with Gasteiger partial charge in [0.25, 0.3) is 5.91 Å². The maximum atomic E-state index is 12.9. The predicted molar refractivity (Wildman–Crippen MR) is 103 cm³/mol. The first kappa shape index (κ1) is 16.8. The van der Waals surface area contributed by atoms with E-state index in [1.807, 2.05) is 44.2 Å². The molecule has 4 rings (SSSR count). The minimum Gasteiger partial charge on any atom is -0.459 e. The Kier molecular flexibility index (Phi) is 4.28. The van der Waals surface area contributed by atoms with Crippen LogP contribution in [0.3, 0.4) is 0 Å². The van der Waals surface area contributed by atoms with Crippen LogP contribution in [0.2, 0.25) is 0 Å². The van der Waals surface area contributed by atoms with Crippen molar-refractivity contribution in [3.8, 4) is 10.8 Å². The van der Waals surface area contributed by atoms with E-state index in [9.17, 15) is 4.79 Å². The second-order valence-corrected chi connectivity index (χ2v) is 7.72. The number of nitrogens with zero attached hydrogens (tertiary/aromatic N) is 1. The molecule has 5 nitrogen and oxygen atoms in total. The van der Waals surface area contributed by atoms with E-state index in [0.717, 1.165) is 41.4 Å². The van der Waals surface area contributed by atoms with Crippen LogP contribution >= 0.6 is 11.3 Å². The molecular weight excluding hydrogens is 346 g/mol. The molecule has 2 heterocycles. The number of carbonyl (C=O) groups excluding carboxylic acids is 1. The van der Waals surface area contributed by atoms with E-state index >= 15 is 0 Å². The second-order valence-electron chi connectivity index (χ2n) is 6.72. The van der Waals surface area contributed by atoms with Crippen LogP contribution in [0.1, 0.15) is 51.1 Å². The number of carbonyl (C=O) groups is 1. The molecule has 2 aromatic heterocycles. The molecule has 1 aliphatic rings. The minimum atomic E-state index is -0.0794. The fraction of sp³-hybridized carbons (Fsp3) is 0.300. The zero-order valence-corrected chi connectivity index (χ0v) is 15.7. The number of furan rings is 1. The molecule has 0 radical (unpaired) electrons. The van der Waals surface area contributed by atoms with Crippen molar-refractivity contribution in [2.45, 2.75) is 39.2 Å². The third-order valence-corrected chi connectivity index (χ3v) is 5.91. The molecule has 1 unspecified atom stereocenters. The number of nitrogen functional groups attached to an aromatic ring is 1. The van der Waals surface area contributed by atoms with Gasteiger partial charge >= 0.3 is 0 Å². The van der Waals surface area contributed by atoms with Gasteiger partial charge in [-0.15, -0.1) is 11.3 Å². The maximum absolute atomic E-state index is 12.9. The minimum absolute atomic E-state index is 0.0163. The van der Waals surface area contributed by atoms with Crippen LogP contribution in [0.4, 0.5) is 5.69 Å². The Labute approximate surface area is 156 Å². The molecule has 0 fully saturated rings. The van der Waals surface area contributed by atoms with E-state index < -0.39 is 0 Å². The molecule has 6 heteroatoms. The summed E-state index contributed by atoms with van der Waals surface area (Å²) in [5, 5.41) is 3.92. The lowest BCUT2D eigenvalue weighted by atomic mass is 9.87. The van der Waals surface area contributed by atoms with Crippen molar-refractivity contribution in [1.29, 1.82) is 0 Å². The Morgan fingerprint density at radius 1 is 1.31 bits per heavy atom. The van der Waals surface area contributed by atoms with Gasteiger partial charge in [-0.25, -0.2) is 4.98 Å². The summed E-state index contributed by atoms with van der Waals surface area (Å²) in [4.78, 5) is 18.0. The molecule has 3 aromatic rings. The summed E-state index contributed by atoms with van der Waals surface area (Å²) in [6, 6.07) is 9.75. The Balaban J connectivity index is 1.57. The zero-order chi connectivity index (χ0) is 18.3. The monoisotopic (exact) mass is 367 g/mol. The molecule has 134 valence electrons. The quantitative estimate of drug-likeness (QED) is 0.672. The number of aryl methyl sites for hydroxylation is 3. The number of amides is 1. The van der Waals surface area contributed by atoms with Crippen molar-refractivity contribution in [2.24, 2.45) is 0 Å². The smallest absolute Gasteiger partial charge is 0.263 e. The highest BCUT2D eigenvalue weighted by molar-refractivity contribution is 7.17. The molecule has 26 heavy (non-hydrogen) atoms. The first-order chi connectivity index (χ1) is 12.5. The zero-order valence-electron chi connectivity index (χ0n) is 14.8. The Bertz CT molecular complexity index is 973. The van der Waals surface area contributed by atoms with E-state index in [1.165, 1.54) is 22.5 Å². The van der Waals surface area contributed by atoms with Gasteiger partial charge in [0, 0.05) is 5.69 Å². The average Bonchev–Trinajstić information content (AvgIpc) is 3.20. The summed E-state index contributed by atoms with van der Waals surface area (Å²) >= 11 is 1.37. The number of hydrogen-bond donors (Lipinski definition) is 2. The molecule has 0 saturated carbocycles. The average molecular weight is 367 g/mol. The summed E-state index contributed by atoms with van der Waals surface area (Å²) in [5.74, 6) is 1.45. The third kappa shape index (κ3) is 3.12. The highest BCUT2D eigenvalue weighted by Gasteiger charge is 2.25. The highest BCUT2D eigenvalue weighted by Crippen LogP contribution is 2.33. The normalized spacial score (nSPS) is 16.3. The first-order valence-electron chi connectivity index (χ1n) is 8.74. The largest absolute Gasteiger partial charge is 0.459 e. The molecule has 1 amide bonds. The van der Waals surface area contributed by atoms with Crippen molar-refractivity contribution >= 4 is 22.9 Å². The number of rotatable bonds is 3. The summed E-state index contributed by atoms with van der Waals surface area (Å²) < 4.78 is 5.63. The summed E-state index contributed by atoms with van der Waals surface area (Å²) in [5.41, 5.74) is 9.79. The molecule has 0 aliphatic heterocycles. The van der Waals surface area contributed by atoms with Crippen LogP contribution in [0, 0.1) is 13.8 Å². The van der Waals surface area contributed by atoms with Crippen LogP contribution in [0.25, 0.3) is 10.8 Å². The fourth-order valence-electron chi connectivity index (χ4n) is 3.47. The van der Waals surface area contributed by atoms with Crippen molar-refractivity contribution < 1.29 is 9.21 Å². The second kappa shape index (κ2) is 6.61. The lowest BCUT2D eigenvalue weighted by molar-refractivity contribution is 0.0936. The fourth-order valence-corrected chi connectivity index (χ4v) is 4.40. The van der Waals surface area contributed by atoms with Gasteiger partial charge in [-0.05, 0) is 68.5 Å². The number of aromatic nitrogens is 1. The molecule has 0 bridgehead atoms. The van der Waals surface area contributed by atoms with Gasteiger partial charge in [0.15, 0.2) is 10.8 Å². The van der Waals surface area contributed by atoms with Gasteiger partial charge in [0.05, 0.1) is 11.7 Å². The summed E-state index contributed by atoms with van der Waals surface area (Å²) in [7, 11) is 0. The van der Waals surface area contributed by atoms with E-state index in [4.69, 9.17) is 10.2 Å². The number of benzene rings is 1. The van der Waals surface area contributed by atoms with E-state index in [0.29, 0.717) is 10.6 Å². The van der Waals surface area contributed by atoms with Crippen molar-refractivity contribution in [1.82, 2.24) is 10.3 Å².